The van der Waals surface area contributed by atoms with Gasteiger partial charge in [0.25, 0.3) is 0 Å². The summed E-state index contributed by atoms with van der Waals surface area (Å²) in [6.07, 6.45) is -1.62. The number of alkyl halides is 3. The molecule has 1 saturated heterocycles. The molecule has 1 aliphatic rings. The Kier molecular flexibility index (Phi) is 3.65. The lowest BCUT2D eigenvalue weighted by molar-refractivity contribution is -0.137. The Balaban J connectivity index is 2.31. The van der Waals surface area contributed by atoms with Gasteiger partial charge in [0.05, 0.1) is 11.1 Å². The van der Waals surface area contributed by atoms with Crippen LogP contribution in [0.1, 0.15) is 30.9 Å². The van der Waals surface area contributed by atoms with Crippen LogP contribution in [0.3, 0.4) is 0 Å². The molecule has 1 aliphatic heterocycles. The Morgan fingerprint density at radius 2 is 2.00 bits per heavy atom. The zero-order valence-corrected chi connectivity index (χ0v) is 10.5. The number of hydrogen-bond donors (Lipinski definition) is 0. The minimum absolute atomic E-state index is 0.304. The molecule has 0 saturated carbocycles. The van der Waals surface area contributed by atoms with Crippen molar-refractivity contribution < 1.29 is 13.2 Å². The summed E-state index contributed by atoms with van der Waals surface area (Å²) < 4.78 is 38.5. The molecule has 0 bridgehead atoms. The number of pyridine rings is 1. The second-order valence-corrected chi connectivity index (χ2v) is 4.87. The number of halogens is 3. The average molecular weight is 269 g/mol. The molecule has 0 N–H and O–H groups in total. The van der Waals surface area contributed by atoms with Gasteiger partial charge in [0.1, 0.15) is 11.9 Å². The summed E-state index contributed by atoms with van der Waals surface area (Å²) in [5.74, 6) is 0.898. The molecule has 19 heavy (non-hydrogen) atoms. The molecule has 0 aromatic carbocycles. The predicted molar refractivity (Wildman–Crippen MR) is 64.6 cm³/mol. The number of rotatable bonds is 1. The van der Waals surface area contributed by atoms with E-state index in [1.807, 2.05) is 4.90 Å². The fourth-order valence-electron chi connectivity index (χ4n) is 2.18. The first kappa shape index (κ1) is 13.7. The molecule has 1 aromatic heterocycles. The number of nitrogens with zero attached hydrogens (tertiary/aromatic N) is 3. The van der Waals surface area contributed by atoms with Crippen molar-refractivity contribution in [3.8, 4) is 6.07 Å². The van der Waals surface area contributed by atoms with Gasteiger partial charge in [-0.1, -0.05) is 6.92 Å². The number of hydrogen-bond acceptors (Lipinski definition) is 3. The topological polar surface area (TPSA) is 39.9 Å². The number of piperidine rings is 1. The summed E-state index contributed by atoms with van der Waals surface area (Å²) in [5, 5.41) is 8.71. The lowest BCUT2D eigenvalue weighted by Gasteiger charge is -2.31. The molecule has 0 aliphatic carbocycles. The summed E-state index contributed by atoms with van der Waals surface area (Å²) >= 11 is 0. The highest BCUT2D eigenvalue weighted by Crippen LogP contribution is 2.34. The van der Waals surface area contributed by atoms with Gasteiger partial charge in [0.15, 0.2) is 0 Å². The Morgan fingerprint density at radius 1 is 1.37 bits per heavy atom. The average Bonchev–Trinajstić information content (AvgIpc) is 2.38. The first-order valence-electron chi connectivity index (χ1n) is 6.14. The molecule has 1 aromatic rings. The van der Waals surface area contributed by atoms with Crippen LogP contribution in [0.15, 0.2) is 12.3 Å². The van der Waals surface area contributed by atoms with E-state index >= 15 is 0 Å². The van der Waals surface area contributed by atoms with Crippen LogP contribution in [0, 0.1) is 17.2 Å². The number of anilines is 1. The molecule has 2 rings (SSSR count). The van der Waals surface area contributed by atoms with E-state index in [9.17, 15) is 13.2 Å². The largest absolute Gasteiger partial charge is 0.417 e. The Hall–Kier alpha value is -1.77. The Morgan fingerprint density at radius 3 is 2.53 bits per heavy atom. The molecule has 0 amide bonds. The van der Waals surface area contributed by atoms with Gasteiger partial charge in [-0.3, -0.25) is 0 Å². The minimum Gasteiger partial charge on any atom is -0.357 e. The zero-order chi connectivity index (χ0) is 14.0. The normalized spacial score (nSPS) is 17.3. The summed E-state index contributed by atoms with van der Waals surface area (Å²) in [6, 6.07) is 2.52. The van der Waals surface area contributed by atoms with Gasteiger partial charge in [0, 0.05) is 19.3 Å². The molecule has 0 radical (unpaired) electrons. The van der Waals surface area contributed by atoms with E-state index in [0.717, 1.165) is 25.1 Å². The van der Waals surface area contributed by atoms with E-state index in [4.69, 9.17) is 5.26 Å². The van der Waals surface area contributed by atoms with E-state index in [0.29, 0.717) is 24.8 Å². The Bertz CT molecular complexity index is 497. The molecule has 2 heterocycles. The van der Waals surface area contributed by atoms with E-state index in [-0.39, 0.29) is 0 Å². The third kappa shape index (κ3) is 2.98. The second-order valence-electron chi connectivity index (χ2n) is 4.87. The monoisotopic (exact) mass is 269 g/mol. The highest BCUT2D eigenvalue weighted by atomic mass is 19.4. The van der Waals surface area contributed by atoms with Crippen LogP contribution in [0.2, 0.25) is 0 Å². The van der Waals surface area contributed by atoms with Crippen LogP contribution in [0.5, 0.6) is 0 Å². The van der Waals surface area contributed by atoms with Crippen LogP contribution >= 0.6 is 0 Å². The van der Waals surface area contributed by atoms with Crippen molar-refractivity contribution in [2.24, 2.45) is 5.92 Å². The maximum Gasteiger partial charge on any atom is 0.417 e. The van der Waals surface area contributed by atoms with E-state index in [2.05, 4.69) is 11.9 Å². The lowest BCUT2D eigenvalue weighted by Crippen LogP contribution is -2.33. The van der Waals surface area contributed by atoms with E-state index < -0.39 is 17.3 Å². The quantitative estimate of drug-likeness (QED) is 0.786. The summed E-state index contributed by atoms with van der Waals surface area (Å²) in [5.41, 5.74) is -1.33. The predicted octanol–water partition coefficient (Wildman–Crippen LogP) is 3.21. The summed E-state index contributed by atoms with van der Waals surface area (Å²) in [6.45, 7) is 3.54. The van der Waals surface area contributed by atoms with E-state index in [1.165, 1.54) is 6.07 Å². The van der Waals surface area contributed by atoms with Crippen molar-refractivity contribution >= 4 is 5.82 Å². The molecule has 0 atom stereocenters. The summed E-state index contributed by atoms with van der Waals surface area (Å²) in [7, 11) is 0. The standard InChI is InChI=1S/C13H14F3N3/c1-9-2-4-19(5-3-9)12-6-11(13(14,15)16)10(7-17)8-18-12/h6,8-9H,2-5H2,1H3. The number of nitriles is 1. The smallest absolute Gasteiger partial charge is 0.357 e. The van der Waals surface area contributed by atoms with E-state index in [1.54, 1.807) is 0 Å². The van der Waals surface area contributed by atoms with Crippen molar-refractivity contribution in [1.82, 2.24) is 4.98 Å². The van der Waals surface area contributed by atoms with Crippen molar-refractivity contribution in [3.63, 3.8) is 0 Å². The van der Waals surface area contributed by atoms with Gasteiger partial charge < -0.3 is 4.90 Å². The zero-order valence-electron chi connectivity index (χ0n) is 10.5. The van der Waals surface area contributed by atoms with Crippen molar-refractivity contribution in [3.05, 3.63) is 23.4 Å². The van der Waals surface area contributed by atoms with Gasteiger partial charge in [-0.2, -0.15) is 18.4 Å². The van der Waals surface area contributed by atoms with Crippen LogP contribution in [0.4, 0.5) is 19.0 Å². The second kappa shape index (κ2) is 5.08. The van der Waals surface area contributed by atoms with Crippen molar-refractivity contribution in [2.75, 3.05) is 18.0 Å². The third-order valence-corrected chi connectivity index (χ3v) is 3.42. The molecular weight excluding hydrogens is 255 g/mol. The van der Waals surface area contributed by atoms with Gasteiger partial charge in [-0.25, -0.2) is 4.98 Å². The van der Waals surface area contributed by atoms with Crippen molar-refractivity contribution in [2.45, 2.75) is 25.9 Å². The van der Waals surface area contributed by atoms with Crippen LogP contribution in [-0.4, -0.2) is 18.1 Å². The maximum absolute atomic E-state index is 12.8. The molecule has 3 nitrogen and oxygen atoms in total. The number of aromatic nitrogens is 1. The van der Waals surface area contributed by atoms with Crippen LogP contribution in [-0.2, 0) is 6.18 Å². The fraction of sp³-hybridized carbons (Fsp3) is 0.538. The molecule has 0 unspecified atom stereocenters. The highest BCUT2D eigenvalue weighted by molar-refractivity contribution is 5.48. The fourth-order valence-corrected chi connectivity index (χ4v) is 2.18. The van der Waals surface area contributed by atoms with Gasteiger partial charge in [0.2, 0.25) is 0 Å². The van der Waals surface area contributed by atoms with Gasteiger partial charge in [-0.15, -0.1) is 0 Å². The molecule has 102 valence electrons. The van der Waals surface area contributed by atoms with Crippen LogP contribution in [0.25, 0.3) is 0 Å². The maximum atomic E-state index is 12.8. The van der Waals surface area contributed by atoms with Gasteiger partial charge >= 0.3 is 6.18 Å². The molecule has 6 heteroatoms. The first-order chi connectivity index (χ1) is 8.91. The highest BCUT2D eigenvalue weighted by Gasteiger charge is 2.34. The molecule has 0 spiro atoms. The molecular formula is C13H14F3N3. The molecule has 1 fully saturated rings. The summed E-state index contributed by atoms with van der Waals surface area (Å²) in [4.78, 5) is 5.82. The Labute approximate surface area is 109 Å². The minimum atomic E-state index is -4.52. The third-order valence-electron chi connectivity index (χ3n) is 3.42. The van der Waals surface area contributed by atoms with Gasteiger partial charge in [-0.05, 0) is 24.8 Å². The SMILES string of the molecule is CC1CCN(c2cc(C(F)(F)F)c(C#N)cn2)CC1. The first-order valence-corrected chi connectivity index (χ1v) is 6.14. The van der Waals surface area contributed by atoms with Crippen LogP contribution < -0.4 is 4.90 Å². The van der Waals surface area contributed by atoms with Crippen molar-refractivity contribution in [1.29, 1.82) is 5.26 Å². The lowest BCUT2D eigenvalue weighted by atomic mass is 9.99.